The quantitative estimate of drug-likeness (QED) is 0.701. The maximum absolute atomic E-state index is 13.0. The molecule has 1 atom stereocenters. The third kappa shape index (κ3) is 4.04. The third-order valence-electron chi connectivity index (χ3n) is 5.44. The summed E-state index contributed by atoms with van der Waals surface area (Å²) in [6.45, 7) is 2.43. The Labute approximate surface area is 174 Å². The number of carbonyl (C=O) groups excluding carboxylic acids is 1. The molecule has 150 valence electrons. The molecule has 0 aliphatic carbocycles. The van der Waals surface area contributed by atoms with Gasteiger partial charge in [0.25, 0.3) is 11.5 Å². The number of likely N-dealkylation sites (tertiary alicyclic amines) is 1. The molecular weight excluding hydrogens is 388 g/mol. The van der Waals surface area contributed by atoms with Crippen molar-refractivity contribution in [3.05, 3.63) is 75.2 Å². The lowest BCUT2D eigenvalue weighted by molar-refractivity contribution is 0.0932. The molecule has 1 fully saturated rings. The molecule has 1 aromatic heterocycles. The SMILES string of the molecule is Cn1nc(C(=O)NCC(c2cccc(Cl)c2)N2CCCC2)c2ccccc2c1=O. The van der Waals surface area contributed by atoms with Crippen LogP contribution in [-0.2, 0) is 7.05 Å². The van der Waals surface area contributed by atoms with Gasteiger partial charge in [0, 0.05) is 24.0 Å². The topological polar surface area (TPSA) is 67.2 Å². The predicted octanol–water partition coefficient (Wildman–Crippen LogP) is 3.15. The number of carbonyl (C=O) groups is 1. The number of aromatic nitrogens is 2. The zero-order valence-electron chi connectivity index (χ0n) is 16.3. The van der Waals surface area contributed by atoms with Crippen molar-refractivity contribution in [1.82, 2.24) is 20.0 Å². The van der Waals surface area contributed by atoms with Crippen LogP contribution in [0.25, 0.3) is 10.8 Å². The Morgan fingerprint density at radius 2 is 1.86 bits per heavy atom. The highest BCUT2D eigenvalue weighted by molar-refractivity contribution is 6.30. The van der Waals surface area contributed by atoms with Gasteiger partial charge in [-0.25, -0.2) is 4.68 Å². The summed E-state index contributed by atoms with van der Waals surface area (Å²) in [6, 6.07) is 14.9. The number of benzene rings is 2. The van der Waals surface area contributed by atoms with E-state index in [1.54, 1.807) is 31.3 Å². The second-order valence-corrected chi connectivity index (χ2v) is 7.78. The number of nitrogens with zero attached hydrogens (tertiary/aromatic N) is 3. The summed E-state index contributed by atoms with van der Waals surface area (Å²) in [5, 5.41) is 8.99. The van der Waals surface area contributed by atoms with Crippen LogP contribution in [0.5, 0.6) is 0 Å². The average molecular weight is 411 g/mol. The van der Waals surface area contributed by atoms with Crippen LogP contribution in [0.2, 0.25) is 5.02 Å². The molecular formula is C22H23ClN4O2. The standard InChI is InChI=1S/C22H23ClN4O2/c1-26-22(29)18-10-3-2-9-17(18)20(25-26)21(28)24-14-19(27-11-4-5-12-27)15-7-6-8-16(23)13-15/h2-3,6-10,13,19H,4-5,11-12,14H2,1H3,(H,24,28). The first-order valence-corrected chi connectivity index (χ1v) is 10.2. The Balaban J connectivity index is 1.61. The van der Waals surface area contributed by atoms with Crippen LogP contribution in [0, 0.1) is 0 Å². The van der Waals surface area contributed by atoms with E-state index < -0.39 is 0 Å². The lowest BCUT2D eigenvalue weighted by Gasteiger charge is -2.28. The summed E-state index contributed by atoms with van der Waals surface area (Å²) in [5.74, 6) is -0.289. The van der Waals surface area contributed by atoms with Gasteiger partial charge >= 0.3 is 0 Å². The number of rotatable bonds is 5. The minimum Gasteiger partial charge on any atom is -0.349 e. The van der Waals surface area contributed by atoms with Crippen molar-refractivity contribution in [3.63, 3.8) is 0 Å². The summed E-state index contributed by atoms with van der Waals surface area (Å²) in [7, 11) is 1.56. The molecule has 1 saturated heterocycles. The lowest BCUT2D eigenvalue weighted by Crippen LogP contribution is -2.37. The zero-order chi connectivity index (χ0) is 20.4. The number of fused-ring (bicyclic) bond motifs is 1. The molecule has 0 radical (unpaired) electrons. The van der Waals surface area contributed by atoms with Gasteiger partial charge in [-0.2, -0.15) is 5.10 Å². The van der Waals surface area contributed by atoms with Gasteiger partial charge in [0.05, 0.1) is 11.4 Å². The molecule has 1 aliphatic heterocycles. The Morgan fingerprint density at radius 3 is 2.59 bits per heavy atom. The highest BCUT2D eigenvalue weighted by Gasteiger charge is 2.25. The highest BCUT2D eigenvalue weighted by Crippen LogP contribution is 2.26. The molecule has 0 saturated carbocycles. The fraction of sp³-hybridized carbons (Fsp3) is 0.318. The van der Waals surface area contributed by atoms with E-state index in [0.29, 0.717) is 22.3 Å². The molecule has 6 nitrogen and oxygen atoms in total. The summed E-state index contributed by atoms with van der Waals surface area (Å²) in [4.78, 5) is 27.7. The van der Waals surface area contributed by atoms with Crippen LogP contribution in [0.15, 0.2) is 53.3 Å². The first-order chi connectivity index (χ1) is 14.0. The fourth-order valence-electron chi connectivity index (χ4n) is 3.97. The molecule has 0 bridgehead atoms. The van der Waals surface area contributed by atoms with E-state index in [4.69, 9.17) is 11.6 Å². The van der Waals surface area contributed by atoms with Crippen molar-refractivity contribution in [2.24, 2.45) is 7.05 Å². The van der Waals surface area contributed by atoms with Crippen molar-refractivity contribution < 1.29 is 4.79 Å². The molecule has 2 heterocycles. The number of nitrogens with one attached hydrogen (secondary N) is 1. The van der Waals surface area contributed by atoms with Crippen molar-refractivity contribution in [1.29, 1.82) is 0 Å². The molecule has 1 aliphatic rings. The van der Waals surface area contributed by atoms with E-state index in [2.05, 4.69) is 15.3 Å². The molecule has 3 aromatic rings. The largest absolute Gasteiger partial charge is 0.349 e. The minimum atomic E-state index is -0.289. The predicted molar refractivity (Wildman–Crippen MR) is 114 cm³/mol. The first-order valence-electron chi connectivity index (χ1n) is 9.78. The van der Waals surface area contributed by atoms with Gasteiger partial charge in [0.15, 0.2) is 5.69 Å². The second-order valence-electron chi connectivity index (χ2n) is 7.35. The molecule has 2 aromatic carbocycles. The molecule has 1 unspecified atom stereocenters. The summed E-state index contributed by atoms with van der Waals surface area (Å²) >= 11 is 6.20. The lowest BCUT2D eigenvalue weighted by atomic mass is 10.1. The van der Waals surface area contributed by atoms with Gasteiger partial charge in [-0.05, 0) is 49.7 Å². The van der Waals surface area contributed by atoms with Crippen molar-refractivity contribution in [2.45, 2.75) is 18.9 Å². The van der Waals surface area contributed by atoms with Gasteiger partial charge in [-0.3, -0.25) is 14.5 Å². The summed E-state index contributed by atoms with van der Waals surface area (Å²) in [6.07, 6.45) is 2.30. The van der Waals surface area contributed by atoms with Gasteiger partial charge in [0.2, 0.25) is 0 Å². The molecule has 4 rings (SSSR count). The second kappa shape index (κ2) is 8.35. The van der Waals surface area contributed by atoms with Crippen LogP contribution >= 0.6 is 11.6 Å². The molecule has 1 N–H and O–H groups in total. The van der Waals surface area contributed by atoms with Crippen LogP contribution < -0.4 is 10.9 Å². The number of hydrogen-bond acceptors (Lipinski definition) is 4. The number of amides is 1. The van der Waals surface area contributed by atoms with E-state index in [1.807, 2.05) is 24.3 Å². The Hall–Kier alpha value is -2.70. The number of hydrogen-bond donors (Lipinski definition) is 1. The number of aryl methyl sites for hydroxylation is 1. The summed E-state index contributed by atoms with van der Waals surface area (Å²) < 4.78 is 1.21. The van der Waals surface area contributed by atoms with Gasteiger partial charge in [-0.1, -0.05) is 41.9 Å². The number of halogens is 1. The minimum absolute atomic E-state index is 0.0407. The van der Waals surface area contributed by atoms with Crippen LogP contribution in [0.1, 0.15) is 34.9 Å². The maximum atomic E-state index is 13.0. The van der Waals surface area contributed by atoms with Crippen LogP contribution in [0.4, 0.5) is 0 Å². The summed E-state index contributed by atoms with van der Waals surface area (Å²) in [5.41, 5.74) is 1.12. The van der Waals surface area contributed by atoms with E-state index >= 15 is 0 Å². The van der Waals surface area contributed by atoms with Crippen LogP contribution in [-0.4, -0.2) is 40.2 Å². The molecule has 29 heavy (non-hydrogen) atoms. The van der Waals surface area contributed by atoms with Crippen LogP contribution in [0.3, 0.4) is 0 Å². The van der Waals surface area contributed by atoms with Crippen molar-refractivity contribution in [2.75, 3.05) is 19.6 Å². The van der Waals surface area contributed by atoms with E-state index in [-0.39, 0.29) is 23.2 Å². The average Bonchev–Trinajstić information content (AvgIpc) is 3.25. The molecule has 0 spiro atoms. The van der Waals surface area contributed by atoms with Gasteiger partial charge in [0.1, 0.15) is 0 Å². The van der Waals surface area contributed by atoms with E-state index in [0.717, 1.165) is 31.5 Å². The van der Waals surface area contributed by atoms with Gasteiger partial charge < -0.3 is 5.32 Å². The van der Waals surface area contributed by atoms with Crippen molar-refractivity contribution in [3.8, 4) is 0 Å². The van der Waals surface area contributed by atoms with E-state index in [9.17, 15) is 9.59 Å². The first kappa shape index (κ1) is 19.6. The zero-order valence-corrected chi connectivity index (χ0v) is 17.0. The van der Waals surface area contributed by atoms with Crippen molar-refractivity contribution >= 4 is 28.3 Å². The van der Waals surface area contributed by atoms with Gasteiger partial charge in [-0.15, -0.1) is 0 Å². The fourth-order valence-corrected chi connectivity index (χ4v) is 4.16. The monoisotopic (exact) mass is 410 g/mol. The Kier molecular flexibility index (Phi) is 5.65. The molecule has 7 heteroatoms. The maximum Gasteiger partial charge on any atom is 0.274 e. The Bertz CT molecular complexity index is 1110. The van der Waals surface area contributed by atoms with E-state index in [1.165, 1.54) is 4.68 Å². The Morgan fingerprint density at radius 1 is 1.14 bits per heavy atom. The molecule has 1 amide bonds. The third-order valence-corrected chi connectivity index (χ3v) is 5.68. The highest BCUT2D eigenvalue weighted by atomic mass is 35.5. The normalized spacial score (nSPS) is 15.5. The smallest absolute Gasteiger partial charge is 0.274 e.